The Labute approximate surface area is 96.9 Å². The first-order chi connectivity index (χ1) is 7.48. The summed E-state index contributed by atoms with van der Waals surface area (Å²) in [5, 5.41) is 0. The van der Waals surface area contributed by atoms with Crippen molar-refractivity contribution in [2.45, 2.75) is 26.2 Å². The van der Waals surface area contributed by atoms with E-state index in [2.05, 4.69) is 4.18 Å². The topological polar surface area (TPSA) is 63.7 Å². The van der Waals surface area contributed by atoms with Gasteiger partial charge < -0.3 is 4.90 Å². The summed E-state index contributed by atoms with van der Waals surface area (Å²) >= 11 is 0. The Bertz CT molecular complexity index is 331. The Morgan fingerprint density at radius 1 is 1.38 bits per heavy atom. The number of amides is 1. The molecule has 0 N–H and O–H groups in total. The van der Waals surface area contributed by atoms with Crippen LogP contribution in [0.15, 0.2) is 0 Å². The molecule has 1 fully saturated rings. The average Bonchev–Trinajstić information content (AvgIpc) is 2.28. The monoisotopic (exact) mass is 249 g/mol. The van der Waals surface area contributed by atoms with Crippen molar-refractivity contribution in [2.24, 2.45) is 5.92 Å². The standard InChI is InChI=1S/C10H19NO4S/c1-3-10(12)11-6-4-9(5-7-11)8-16(13,14)15-2/h9H,3-8H2,1-2H3. The van der Waals surface area contributed by atoms with E-state index in [-0.39, 0.29) is 17.6 Å². The van der Waals surface area contributed by atoms with E-state index < -0.39 is 10.1 Å². The van der Waals surface area contributed by atoms with Crippen LogP contribution in [-0.4, -0.2) is 45.2 Å². The molecule has 1 aliphatic heterocycles. The number of rotatable bonds is 4. The minimum absolute atomic E-state index is 0.0671. The van der Waals surface area contributed by atoms with Crippen molar-refractivity contribution in [3.05, 3.63) is 0 Å². The molecule has 1 heterocycles. The third-order valence-corrected chi connectivity index (χ3v) is 4.35. The molecule has 0 aliphatic carbocycles. The van der Waals surface area contributed by atoms with Gasteiger partial charge in [-0.2, -0.15) is 8.42 Å². The van der Waals surface area contributed by atoms with E-state index in [1.165, 1.54) is 7.11 Å². The van der Waals surface area contributed by atoms with E-state index in [0.717, 1.165) is 12.8 Å². The Balaban J connectivity index is 2.41. The van der Waals surface area contributed by atoms with Gasteiger partial charge in [0, 0.05) is 19.5 Å². The van der Waals surface area contributed by atoms with Gasteiger partial charge in [-0.3, -0.25) is 8.98 Å². The summed E-state index contributed by atoms with van der Waals surface area (Å²) in [6.45, 7) is 3.16. The number of piperidine rings is 1. The molecule has 0 aromatic heterocycles. The third-order valence-electron chi connectivity index (χ3n) is 2.96. The van der Waals surface area contributed by atoms with Crippen LogP contribution >= 0.6 is 0 Å². The molecule has 0 bridgehead atoms. The molecule has 0 saturated carbocycles. The molecule has 5 nitrogen and oxygen atoms in total. The lowest BCUT2D eigenvalue weighted by atomic mass is 9.99. The van der Waals surface area contributed by atoms with Crippen molar-refractivity contribution in [3.63, 3.8) is 0 Å². The van der Waals surface area contributed by atoms with Crippen LogP contribution in [0.1, 0.15) is 26.2 Å². The average molecular weight is 249 g/mol. The van der Waals surface area contributed by atoms with Gasteiger partial charge in [0.2, 0.25) is 5.91 Å². The minimum atomic E-state index is -3.37. The molecule has 0 aromatic carbocycles. The van der Waals surface area contributed by atoms with Crippen LogP contribution < -0.4 is 0 Å². The fourth-order valence-electron chi connectivity index (χ4n) is 1.93. The summed E-state index contributed by atoms with van der Waals surface area (Å²) in [6.07, 6.45) is 2.00. The summed E-state index contributed by atoms with van der Waals surface area (Å²) in [5.74, 6) is 0.330. The first-order valence-electron chi connectivity index (χ1n) is 5.54. The summed E-state index contributed by atoms with van der Waals surface area (Å²) in [5.41, 5.74) is 0. The second-order valence-electron chi connectivity index (χ2n) is 4.07. The van der Waals surface area contributed by atoms with E-state index in [0.29, 0.717) is 19.5 Å². The van der Waals surface area contributed by atoms with E-state index >= 15 is 0 Å². The largest absolute Gasteiger partial charge is 0.343 e. The molecule has 16 heavy (non-hydrogen) atoms. The normalized spacial score (nSPS) is 18.8. The van der Waals surface area contributed by atoms with Gasteiger partial charge in [0.25, 0.3) is 10.1 Å². The fourth-order valence-corrected chi connectivity index (χ4v) is 2.98. The summed E-state index contributed by atoms with van der Waals surface area (Å²) < 4.78 is 26.9. The van der Waals surface area contributed by atoms with Gasteiger partial charge in [-0.05, 0) is 18.8 Å². The smallest absolute Gasteiger partial charge is 0.267 e. The van der Waals surface area contributed by atoms with Gasteiger partial charge in [0.1, 0.15) is 0 Å². The van der Waals surface area contributed by atoms with Crippen molar-refractivity contribution in [1.82, 2.24) is 4.90 Å². The highest BCUT2D eigenvalue weighted by Crippen LogP contribution is 2.19. The van der Waals surface area contributed by atoms with E-state index in [4.69, 9.17) is 0 Å². The van der Waals surface area contributed by atoms with Crippen LogP contribution in [0.5, 0.6) is 0 Å². The van der Waals surface area contributed by atoms with Gasteiger partial charge in [-0.25, -0.2) is 0 Å². The number of nitrogens with zero attached hydrogens (tertiary/aromatic N) is 1. The molecule has 0 spiro atoms. The highest BCUT2D eigenvalue weighted by Gasteiger charge is 2.25. The molecule has 0 radical (unpaired) electrons. The molecular formula is C10H19NO4S. The molecule has 0 atom stereocenters. The number of carbonyl (C=O) groups is 1. The zero-order chi connectivity index (χ0) is 12.2. The summed E-state index contributed by atoms with van der Waals surface area (Å²) in [4.78, 5) is 13.2. The second-order valence-corrected chi connectivity index (χ2v) is 5.85. The Morgan fingerprint density at radius 3 is 2.38 bits per heavy atom. The zero-order valence-corrected chi connectivity index (χ0v) is 10.6. The maximum Gasteiger partial charge on any atom is 0.267 e. The Morgan fingerprint density at radius 2 is 1.94 bits per heavy atom. The Kier molecular flexibility index (Phi) is 4.73. The SMILES string of the molecule is CCC(=O)N1CCC(CS(=O)(=O)OC)CC1. The lowest BCUT2D eigenvalue weighted by Crippen LogP contribution is -2.39. The quantitative estimate of drug-likeness (QED) is 0.685. The van der Waals surface area contributed by atoms with Crippen LogP contribution in [0, 0.1) is 5.92 Å². The zero-order valence-electron chi connectivity index (χ0n) is 9.81. The third kappa shape index (κ3) is 3.75. The molecular weight excluding hydrogens is 230 g/mol. The number of carbonyl (C=O) groups excluding carboxylic acids is 1. The van der Waals surface area contributed by atoms with Crippen molar-refractivity contribution in [3.8, 4) is 0 Å². The van der Waals surface area contributed by atoms with E-state index in [1.54, 1.807) is 4.90 Å². The predicted octanol–water partition coefficient (Wildman–Crippen LogP) is 0.611. The molecule has 1 aliphatic rings. The van der Waals surface area contributed by atoms with E-state index in [9.17, 15) is 13.2 Å². The molecule has 94 valence electrons. The molecule has 1 saturated heterocycles. The molecule has 1 amide bonds. The van der Waals surface area contributed by atoms with Gasteiger partial charge >= 0.3 is 0 Å². The van der Waals surface area contributed by atoms with Crippen LogP contribution in [0.4, 0.5) is 0 Å². The van der Waals surface area contributed by atoms with Gasteiger partial charge in [-0.1, -0.05) is 6.92 Å². The van der Waals surface area contributed by atoms with Crippen LogP contribution in [0.2, 0.25) is 0 Å². The van der Waals surface area contributed by atoms with Gasteiger partial charge in [-0.15, -0.1) is 0 Å². The second kappa shape index (κ2) is 5.63. The summed E-state index contributed by atoms with van der Waals surface area (Å²) in [7, 11) is -2.18. The van der Waals surface area contributed by atoms with Crippen LogP contribution in [0.25, 0.3) is 0 Å². The van der Waals surface area contributed by atoms with Crippen molar-refractivity contribution < 1.29 is 17.4 Å². The number of hydrogen-bond acceptors (Lipinski definition) is 4. The van der Waals surface area contributed by atoms with Crippen LogP contribution in [-0.2, 0) is 19.1 Å². The first kappa shape index (κ1) is 13.4. The molecule has 0 unspecified atom stereocenters. The van der Waals surface area contributed by atoms with E-state index in [1.807, 2.05) is 6.92 Å². The fraction of sp³-hybridized carbons (Fsp3) is 0.900. The lowest BCUT2D eigenvalue weighted by Gasteiger charge is -2.31. The van der Waals surface area contributed by atoms with Crippen molar-refractivity contribution in [1.29, 1.82) is 0 Å². The van der Waals surface area contributed by atoms with Gasteiger partial charge in [0.15, 0.2) is 0 Å². The van der Waals surface area contributed by atoms with Crippen LogP contribution in [0.3, 0.4) is 0 Å². The molecule has 1 rings (SSSR count). The van der Waals surface area contributed by atoms with Crippen molar-refractivity contribution >= 4 is 16.0 Å². The molecule has 6 heteroatoms. The summed E-state index contributed by atoms with van der Waals surface area (Å²) in [6, 6.07) is 0. The maximum atomic E-state index is 11.4. The van der Waals surface area contributed by atoms with Gasteiger partial charge in [0.05, 0.1) is 12.9 Å². The number of likely N-dealkylation sites (tertiary alicyclic amines) is 1. The lowest BCUT2D eigenvalue weighted by molar-refractivity contribution is -0.132. The Hall–Kier alpha value is -0.620. The first-order valence-corrected chi connectivity index (χ1v) is 7.12. The molecule has 0 aromatic rings. The number of hydrogen-bond donors (Lipinski definition) is 0. The van der Waals surface area contributed by atoms with Crippen molar-refractivity contribution in [2.75, 3.05) is 26.0 Å². The predicted molar refractivity (Wildman–Crippen MR) is 60.4 cm³/mol. The highest BCUT2D eigenvalue weighted by atomic mass is 32.2. The maximum absolute atomic E-state index is 11.4. The highest BCUT2D eigenvalue weighted by molar-refractivity contribution is 7.86. The minimum Gasteiger partial charge on any atom is -0.343 e.